The van der Waals surface area contributed by atoms with Crippen molar-refractivity contribution in [2.24, 2.45) is 0 Å². The fraction of sp³-hybridized carbons (Fsp3) is 0.143. The van der Waals surface area contributed by atoms with Crippen LogP contribution in [-0.2, 0) is 16.6 Å². The van der Waals surface area contributed by atoms with Gasteiger partial charge in [0.15, 0.2) is 0 Å². The molecule has 0 aliphatic rings. The minimum absolute atomic E-state index is 0.139. The van der Waals surface area contributed by atoms with Crippen LogP contribution in [0.2, 0.25) is 0 Å². The summed E-state index contributed by atoms with van der Waals surface area (Å²) in [7, 11) is -3.54. The van der Waals surface area contributed by atoms with Crippen molar-refractivity contribution < 1.29 is 13.0 Å². The van der Waals surface area contributed by atoms with E-state index in [0.717, 1.165) is 11.1 Å². The SMILES string of the molecule is Cc1ccc(S(=O)(=O)NCc2ccccc2SO)cc1. The average Bonchev–Trinajstić information content (AvgIpc) is 2.46. The summed E-state index contributed by atoms with van der Waals surface area (Å²) in [5, 5.41) is 0. The molecule has 0 amide bonds. The highest BCUT2D eigenvalue weighted by Crippen LogP contribution is 2.20. The number of benzene rings is 2. The van der Waals surface area contributed by atoms with Crippen molar-refractivity contribution in [3.63, 3.8) is 0 Å². The summed E-state index contributed by atoms with van der Waals surface area (Å²) in [6.45, 7) is 2.04. The molecule has 4 nitrogen and oxygen atoms in total. The Morgan fingerprint density at radius 3 is 2.40 bits per heavy atom. The molecule has 0 saturated carbocycles. The molecule has 0 unspecified atom stereocenters. The summed E-state index contributed by atoms with van der Waals surface area (Å²) < 4.78 is 35.9. The van der Waals surface area contributed by atoms with Gasteiger partial charge in [0.25, 0.3) is 0 Å². The van der Waals surface area contributed by atoms with Crippen molar-refractivity contribution >= 4 is 22.1 Å². The van der Waals surface area contributed by atoms with Crippen LogP contribution < -0.4 is 4.72 Å². The highest BCUT2D eigenvalue weighted by Gasteiger charge is 2.14. The first-order valence-corrected chi connectivity index (χ1v) is 8.24. The van der Waals surface area contributed by atoms with Crippen LogP contribution in [0, 0.1) is 6.92 Å². The summed E-state index contributed by atoms with van der Waals surface area (Å²) >= 11 is 0.609. The first-order chi connectivity index (χ1) is 9.53. The predicted molar refractivity (Wildman–Crippen MR) is 80.1 cm³/mol. The first-order valence-electron chi connectivity index (χ1n) is 5.98. The Kier molecular flexibility index (Phi) is 4.82. The molecule has 0 radical (unpaired) electrons. The fourth-order valence-electron chi connectivity index (χ4n) is 1.71. The van der Waals surface area contributed by atoms with Crippen LogP contribution in [0.5, 0.6) is 0 Å². The largest absolute Gasteiger partial charge is 0.325 e. The van der Waals surface area contributed by atoms with Gasteiger partial charge in [-0.15, -0.1) is 0 Å². The van der Waals surface area contributed by atoms with Crippen molar-refractivity contribution in [1.29, 1.82) is 0 Å². The van der Waals surface area contributed by atoms with E-state index in [2.05, 4.69) is 4.72 Å². The van der Waals surface area contributed by atoms with Crippen LogP contribution in [0.3, 0.4) is 0 Å². The molecule has 0 fully saturated rings. The Balaban J connectivity index is 2.15. The van der Waals surface area contributed by atoms with Crippen LogP contribution in [0.25, 0.3) is 0 Å². The van der Waals surface area contributed by atoms with E-state index in [1.54, 1.807) is 48.5 Å². The summed E-state index contributed by atoms with van der Waals surface area (Å²) in [5.74, 6) is 0. The first kappa shape index (κ1) is 15.1. The van der Waals surface area contributed by atoms with Crippen molar-refractivity contribution in [2.45, 2.75) is 23.3 Å². The molecule has 0 atom stereocenters. The molecule has 2 rings (SSSR count). The third-order valence-corrected chi connectivity index (χ3v) is 4.87. The van der Waals surface area contributed by atoms with Crippen molar-refractivity contribution in [2.75, 3.05) is 0 Å². The summed E-state index contributed by atoms with van der Waals surface area (Å²) in [6, 6.07) is 13.8. The predicted octanol–water partition coefficient (Wildman–Crippen LogP) is 3.04. The van der Waals surface area contributed by atoms with Gasteiger partial charge in [-0.3, -0.25) is 0 Å². The number of hydrogen-bond donors (Lipinski definition) is 2. The molecule has 0 heterocycles. The van der Waals surface area contributed by atoms with E-state index in [9.17, 15) is 8.42 Å². The maximum Gasteiger partial charge on any atom is 0.240 e. The van der Waals surface area contributed by atoms with E-state index in [1.165, 1.54) is 0 Å². The third-order valence-electron chi connectivity index (χ3n) is 2.85. The lowest BCUT2D eigenvalue weighted by molar-refractivity contribution is 0.580. The third kappa shape index (κ3) is 3.61. The van der Waals surface area contributed by atoms with Crippen LogP contribution in [0.15, 0.2) is 58.3 Å². The van der Waals surface area contributed by atoms with Crippen LogP contribution in [0.1, 0.15) is 11.1 Å². The Labute approximate surface area is 123 Å². The molecular formula is C14H15NO3S2. The molecule has 20 heavy (non-hydrogen) atoms. The second-order valence-corrected chi connectivity index (χ2v) is 6.73. The van der Waals surface area contributed by atoms with Crippen LogP contribution >= 0.6 is 12.0 Å². The lowest BCUT2D eigenvalue weighted by Crippen LogP contribution is -2.23. The second kappa shape index (κ2) is 6.41. The van der Waals surface area contributed by atoms with Crippen molar-refractivity contribution in [1.82, 2.24) is 4.72 Å². The summed E-state index contributed by atoms with van der Waals surface area (Å²) in [6.07, 6.45) is 0. The zero-order valence-corrected chi connectivity index (χ0v) is 12.5. The Hall–Kier alpha value is -1.34. The molecule has 106 valence electrons. The zero-order valence-electron chi connectivity index (χ0n) is 10.9. The number of aryl methyl sites for hydroxylation is 1. The van der Waals surface area contributed by atoms with E-state index < -0.39 is 10.0 Å². The standard InChI is InChI=1S/C14H15NO3S2/c1-11-6-8-13(9-7-11)20(17,18)15-10-12-4-2-3-5-14(12)19-16/h2-9,15-16H,10H2,1H3. The molecule has 0 spiro atoms. The lowest BCUT2D eigenvalue weighted by Gasteiger charge is -2.09. The smallest absolute Gasteiger partial charge is 0.240 e. The minimum Gasteiger partial charge on any atom is -0.325 e. The van der Waals surface area contributed by atoms with Gasteiger partial charge in [0.1, 0.15) is 0 Å². The van der Waals surface area contributed by atoms with Gasteiger partial charge in [-0.2, -0.15) is 0 Å². The molecule has 0 aliphatic carbocycles. The molecule has 0 aromatic heterocycles. The molecule has 6 heteroatoms. The number of rotatable bonds is 5. The normalized spacial score (nSPS) is 11.5. The quantitative estimate of drug-likeness (QED) is 0.833. The molecule has 0 bridgehead atoms. The van der Waals surface area contributed by atoms with Gasteiger partial charge >= 0.3 is 0 Å². The fourth-order valence-corrected chi connectivity index (χ4v) is 3.12. The minimum atomic E-state index is -3.54. The highest BCUT2D eigenvalue weighted by atomic mass is 32.2. The van der Waals surface area contributed by atoms with Gasteiger partial charge in [-0.25, -0.2) is 13.1 Å². The number of hydrogen-bond acceptors (Lipinski definition) is 4. The van der Waals surface area contributed by atoms with E-state index >= 15 is 0 Å². The summed E-state index contributed by atoms with van der Waals surface area (Å²) in [5.41, 5.74) is 1.74. The molecular weight excluding hydrogens is 294 g/mol. The monoisotopic (exact) mass is 309 g/mol. The Bertz CT molecular complexity index is 682. The van der Waals surface area contributed by atoms with E-state index in [0.29, 0.717) is 16.9 Å². The zero-order chi connectivity index (χ0) is 14.6. The maximum absolute atomic E-state index is 12.1. The van der Waals surface area contributed by atoms with Crippen molar-refractivity contribution in [3.05, 3.63) is 59.7 Å². The molecule has 2 aromatic carbocycles. The summed E-state index contributed by atoms with van der Waals surface area (Å²) in [4.78, 5) is 0.872. The van der Waals surface area contributed by atoms with Crippen molar-refractivity contribution in [3.8, 4) is 0 Å². The van der Waals surface area contributed by atoms with E-state index in [1.807, 2.05) is 6.92 Å². The van der Waals surface area contributed by atoms with Gasteiger partial charge < -0.3 is 4.55 Å². The van der Waals surface area contributed by atoms with Crippen LogP contribution in [0.4, 0.5) is 0 Å². The molecule has 0 aliphatic heterocycles. The highest BCUT2D eigenvalue weighted by molar-refractivity contribution is 7.93. The second-order valence-electron chi connectivity index (χ2n) is 4.34. The number of sulfonamides is 1. The molecule has 2 N–H and O–H groups in total. The molecule has 0 saturated heterocycles. The van der Waals surface area contributed by atoms with E-state index in [-0.39, 0.29) is 11.4 Å². The van der Waals surface area contributed by atoms with Gasteiger partial charge in [-0.1, -0.05) is 35.9 Å². The van der Waals surface area contributed by atoms with Gasteiger partial charge in [0, 0.05) is 23.5 Å². The Morgan fingerprint density at radius 1 is 1.10 bits per heavy atom. The number of nitrogens with one attached hydrogen (secondary N) is 1. The lowest BCUT2D eigenvalue weighted by atomic mass is 10.2. The van der Waals surface area contributed by atoms with Crippen LogP contribution in [-0.4, -0.2) is 13.0 Å². The molecule has 2 aromatic rings. The van der Waals surface area contributed by atoms with E-state index in [4.69, 9.17) is 4.55 Å². The van der Waals surface area contributed by atoms with Gasteiger partial charge in [0.2, 0.25) is 10.0 Å². The average molecular weight is 309 g/mol. The van der Waals surface area contributed by atoms with Gasteiger partial charge in [0.05, 0.1) is 4.90 Å². The maximum atomic E-state index is 12.1. The topological polar surface area (TPSA) is 66.4 Å². The van der Waals surface area contributed by atoms with Gasteiger partial charge in [-0.05, 0) is 30.7 Å². The Morgan fingerprint density at radius 2 is 1.75 bits per heavy atom.